The van der Waals surface area contributed by atoms with Gasteiger partial charge in [-0.25, -0.2) is 9.48 Å². The fourth-order valence-corrected chi connectivity index (χ4v) is 3.35. The summed E-state index contributed by atoms with van der Waals surface area (Å²) in [7, 11) is 0. The van der Waals surface area contributed by atoms with Gasteiger partial charge in [0.1, 0.15) is 13.1 Å². The van der Waals surface area contributed by atoms with E-state index in [1.807, 2.05) is 0 Å². The van der Waals surface area contributed by atoms with Crippen molar-refractivity contribution < 1.29 is 31.1 Å². The summed E-state index contributed by atoms with van der Waals surface area (Å²) in [6.07, 6.45) is -9.43. The number of alkyl halides is 6. The van der Waals surface area contributed by atoms with Crippen LogP contribution in [0.2, 0.25) is 5.02 Å². The first kappa shape index (κ1) is 25.3. The van der Waals surface area contributed by atoms with Gasteiger partial charge in [-0.15, -0.1) is 5.10 Å². The molecule has 3 rings (SSSR count). The van der Waals surface area contributed by atoms with Crippen molar-refractivity contribution >= 4 is 17.5 Å². The van der Waals surface area contributed by atoms with Crippen molar-refractivity contribution in [3.8, 4) is 11.4 Å². The maximum atomic E-state index is 13.1. The summed E-state index contributed by atoms with van der Waals surface area (Å²) in [4.78, 5) is 24.8. The van der Waals surface area contributed by atoms with Gasteiger partial charge < -0.3 is 5.32 Å². The van der Waals surface area contributed by atoms with E-state index in [0.717, 1.165) is 6.07 Å². The molecule has 1 heterocycles. The van der Waals surface area contributed by atoms with Crippen LogP contribution in [0, 0.1) is 0 Å². The van der Waals surface area contributed by atoms with E-state index < -0.39 is 42.6 Å². The van der Waals surface area contributed by atoms with Gasteiger partial charge in [-0.05, 0) is 42.3 Å². The fourth-order valence-electron chi connectivity index (χ4n) is 3.22. The zero-order valence-electron chi connectivity index (χ0n) is 17.3. The average molecular weight is 507 g/mol. The average Bonchev–Trinajstić information content (AvgIpc) is 3.02. The first-order valence-corrected chi connectivity index (χ1v) is 10.1. The predicted octanol–water partition coefficient (Wildman–Crippen LogP) is 4.31. The molecule has 0 aliphatic rings. The van der Waals surface area contributed by atoms with E-state index >= 15 is 0 Å². The summed E-state index contributed by atoms with van der Waals surface area (Å²) in [5.74, 6) is -1.11. The molecule has 1 N–H and O–H groups in total. The van der Waals surface area contributed by atoms with Crippen LogP contribution in [0.4, 0.5) is 26.3 Å². The summed E-state index contributed by atoms with van der Waals surface area (Å²) in [5, 5.41) is 6.53. The van der Waals surface area contributed by atoms with E-state index in [1.165, 1.54) is 42.5 Å². The number of nitrogens with zero attached hydrogens (tertiary/aromatic N) is 3. The van der Waals surface area contributed by atoms with Crippen LogP contribution >= 0.6 is 11.6 Å². The highest BCUT2D eigenvalue weighted by Crippen LogP contribution is 2.32. The molecule has 2 aromatic carbocycles. The molecular formula is C21H17ClF6N4O2. The van der Waals surface area contributed by atoms with Gasteiger partial charge in [0, 0.05) is 17.1 Å². The highest BCUT2D eigenvalue weighted by atomic mass is 35.5. The van der Waals surface area contributed by atoms with Gasteiger partial charge in [0.15, 0.2) is 5.82 Å². The standard InChI is InChI=1S/C21H17ClF6N4O2/c22-15-7-5-14(6-8-15)18-30-32(19(34)31(18)12-20(23,24)25)11-17(33)29-10-9-13-3-1-2-4-16(13)21(26,27)28/h1-8H,9-12H2,(H,29,33). The van der Waals surface area contributed by atoms with Crippen LogP contribution in [-0.4, -0.2) is 33.0 Å². The first-order chi connectivity index (χ1) is 15.8. The molecule has 34 heavy (non-hydrogen) atoms. The minimum atomic E-state index is -4.73. The number of benzene rings is 2. The molecule has 0 bridgehead atoms. The van der Waals surface area contributed by atoms with Crippen LogP contribution in [0.3, 0.4) is 0 Å². The van der Waals surface area contributed by atoms with Crippen molar-refractivity contribution in [1.82, 2.24) is 19.7 Å². The Morgan fingerprint density at radius 3 is 2.26 bits per heavy atom. The van der Waals surface area contributed by atoms with Gasteiger partial charge in [-0.1, -0.05) is 29.8 Å². The predicted molar refractivity (Wildman–Crippen MR) is 111 cm³/mol. The maximum Gasteiger partial charge on any atom is 0.416 e. The summed E-state index contributed by atoms with van der Waals surface area (Å²) in [6, 6.07) is 10.4. The third-order valence-electron chi connectivity index (χ3n) is 4.70. The minimum Gasteiger partial charge on any atom is -0.354 e. The van der Waals surface area contributed by atoms with E-state index in [9.17, 15) is 35.9 Å². The topological polar surface area (TPSA) is 68.9 Å². The molecule has 0 saturated carbocycles. The lowest BCUT2D eigenvalue weighted by atomic mass is 10.0. The Kier molecular flexibility index (Phi) is 7.39. The Labute approximate surface area is 193 Å². The molecule has 182 valence electrons. The molecule has 6 nitrogen and oxygen atoms in total. The molecule has 13 heteroatoms. The number of hydrogen-bond acceptors (Lipinski definition) is 3. The number of carbonyl (C=O) groups excluding carboxylic acids is 1. The van der Waals surface area contributed by atoms with E-state index in [2.05, 4.69) is 10.4 Å². The zero-order valence-corrected chi connectivity index (χ0v) is 18.0. The Hall–Kier alpha value is -3.28. The molecule has 0 fully saturated rings. The van der Waals surface area contributed by atoms with Gasteiger partial charge >= 0.3 is 18.0 Å². The lowest BCUT2D eigenvalue weighted by molar-refractivity contribution is -0.141. The minimum absolute atomic E-state index is 0.0352. The summed E-state index contributed by atoms with van der Waals surface area (Å²) >= 11 is 5.79. The highest BCUT2D eigenvalue weighted by molar-refractivity contribution is 6.30. The van der Waals surface area contributed by atoms with Gasteiger partial charge in [0.05, 0.1) is 5.56 Å². The lowest BCUT2D eigenvalue weighted by Crippen LogP contribution is -2.36. The van der Waals surface area contributed by atoms with Crippen LogP contribution in [-0.2, 0) is 30.5 Å². The normalized spacial score (nSPS) is 12.1. The number of halogens is 7. The van der Waals surface area contributed by atoms with Gasteiger partial charge in [-0.2, -0.15) is 26.3 Å². The molecule has 0 aliphatic heterocycles. The molecule has 1 amide bonds. The summed E-state index contributed by atoms with van der Waals surface area (Å²) in [6.45, 7) is -2.53. The lowest BCUT2D eigenvalue weighted by Gasteiger charge is -2.12. The number of aromatic nitrogens is 3. The third kappa shape index (κ3) is 6.40. The first-order valence-electron chi connectivity index (χ1n) is 9.77. The number of amides is 1. The number of rotatable bonds is 7. The molecule has 0 spiro atoms. The van der Waals surface area contributed by atoms with Gasteiger partial charge in [-0.3, -0.25) is 9.36 Å². The molecule has 0 saturated heterocycles. The quantitative estimate of drug-likeness (QED) is 0.486. The SMILES string of the molecule is O=C(Cn1nc(-c2ccc(Cl)cc2)n(CC(F)(F)F)c1=O)NCCc1ccccc1C(F)(F)F. The highest BCUT2D eigenvalue weighted by Gasteiger charge is 2.33. The third-order valence-corrected chi connectivity index (χ3v) is 4.95. The van der Waals surface area contributed by atoms with Crippen molar-refractivity contribution in [1.29, 1.82) is 0 Å². The molecule has 0 atom stereocenters. The Morgan fingerprint density at radius 1 is 1.00 bits per heavy atom. The van der Waals surface area contributed by atoms with Crippen LogP contribution in [0.1, 0.15) is 11.1 Å². The van der Waals surface area contributed by atoms with Crippen LogP contribution in [0.15, 0.2) is 53.3 Å². The molecule has 3 aromatic rings. The van der Waals surface area contributed by atoms with E-state index in [-0.39, 0.29) is 29.9 Å². The van der Waals surface area contributed by atoms with Crippen molar-refractivity contribution in [2.45, 2.75) is 31.9 Å². The Balaban J connectivity index is 1.75. The fraction of sp³-hybridized carbons (Fsp3) is 0.286. The van der Waals surface area contributed by atoms with Crippen LogP contribution in [0.5, 0.6) is 0 Å². The van der Waals surface area contributed by atoms with Gasteiger partial charge in [0.25, 0.3) is 0 Å². The summed E-state index contributed by atoms with van der Waals surface area (Å²) < 4.78 is 79.2. The Morgan fingerprint density at radius 2 is 1.65 bits per heavy atom. The van der Waals surface area contributed by atoms with Crippen molar-refractivity contribution in [3.63, 3.8) is 0 Å². The molecule has 1 aromatic heterocycles. The number of nitrogens with one attached hydrogen (secondary N) is 1. The van der Waals surface area contributed by atoms with E-state index in [0.29, 0.717) is 14.3 Å². The van der Waals surface area contributed by atoms with E-state index in [1.54, 1.807) is 0 Å². The van der Waals surface area contributed by atoms with Gasteiger partial charge in [0.2, 0.25) is 5.91 Å². The number of hydrogen-bond donors (Lipinski definition) is 1. The monoisotopic (exact) mass is 506 g/mol. The van der Waals surface area contributed by atoms with E-state index in [4.69, 9.17) is 11.6 Å². The Bertz CT molecular complexity index is 1220. The molecular weight excluding hydrogens is 490 g/mol. The maximum absolute atomic E-state index is 13.1. The second kappa shape index (κ2) is 9.92. The van der Waals surface area contributed by atoms with Crippen molar-refractivity contribution in [2.24, 2.45) is 0 Å². The number of carbonyl (C=O) groups is 1. The second-order valence-electron chi connectivity index (χ2n) is 7.23. The zero-order chi connectivity index (χ0) is 25.1. The smallest absolute Gasteiger partial charge is 0.354 e. The summed E-state index contributed by atoms with van der Waals surface area (Å²) in [5.41, 5.74) is -1.86. The molecule has 0 aliphatic carbocycles. The molecule has 0 radical (unpaired) electrons. The van der Waals surface area contributed by atoms with Crippen molar-refractivity contribution in [2.75, 3.05) is 6.54 Å². The molecule has 0 unspecified atom stereocenters. The van der Waals surface area contributed by atoms with Crippen LogP contribution < -0.4 is 11.0 Å². The van der Waals surface area contributed by atoms with Crippen LogP contribution in [0.25, 0.3) is 11.4 Å². The second-order valence-corrected chi connectivity index (χ2v) is 7.66. The van der Waals surface area contributed by atoms with Crippen molar-refractivity contribution in [3.05, 3.63) is 75.2 Å². The largest absolute Gasteiger partial charge is 0.416 e.